The molecule has 0 heterocycles. The fraction of sp³-hybridized carbons (Fsp3) is 0.385. The predicted molar refractivity (Wildman–Crippen MR) is 74.2 cm³/mol. The molecule has 0 saturated heterocycles. The molecule has 0 radical (unpaired) electrons. The number of hydrogen-bond acceptors (Lipinski definition) is 5. The number of nitrogens with zero attached hydrogens (tertiary/aromatic N) is 2. The van der Waals surface area contributed by atoms with E-state index in [9.17, 15) is 9.90 Å². The lowest BCUT2D eigenvalue weighted by molar-refractivity contribution is 0.0730. The van der Waals surface area contributed by atoms with Gasteiger partial charge in [-0.1, -0.05) is 5.16 Å². The number of nitrogens with two attached hydrogens (primary N) is 1. The first-order valence-corrected chi connectivity index (χ1v) is 6.05. The van der Waals surface area contributed by atoms with E-state index in [0.29, 0.717) is 5.75 Å². The van der Waals surface area contributed by atoms with E-state index in [1.54, 1.807) is 19.9 Å². The van der Waals surface area contributed by atoms with Crippen LogP contribution in [0, 0.1) is 0 Å². The fourth-order valence-electron chi connectivity index (χ4n) is 1.66. The second-order valence-electron chi connectivity index (χ2n) is 4.50. The summed E-state index contributed by atoms with van der Waals surface area (Å²) in [5, 5.41) is 21.3. The van der Waals surface area contributed by atoms with Crippen LogP contribution in [0.2, 0.25) is 0 Å². The summed E-state index contributed by atoms with van der Waals surface area (Å²) in [6.07, 6.45) is 0. The molecular formula is C13H19N3O4. The highest BCUT2D eigenvalue weighted by molar-refractivity contribution is 5.99. The number of benzene rings is 1. The number of amidine groups is 1. The van der Waals surface area contributed by atoms with Gasteiger partial charge in [-0.3, -0.25) is 4.79 Å². The maximum atomic E-state index is 12.4. The summed E-state index contributed by atoms with van der Waals surface area (Å²) in [5.74, 6) is -0.211. The molecule has 1 amide bonds. The zero-order valence-corrected chi connectivity index (χ0v) is 11.7. The van der Waals surface area contributed by atoms with Gasteiger partial charge in [0.2, 0.25) is 0 Å². The van der Waals surface area contributed by atoms with Gasteiger partial charge < -0.3 is 25.7 Å². The van der Waals surface area contributed by atoms with Gasteiger partial charge in [0.05, 0.1) is 19.2 Å². The van der Waals surface area contributed by atoms with Crippen LogP contribution in [0.5, 0.6) is 11.5 Å². The van der Waals surface area contributed by atoms with Crippen LogP contribution in [0.15, 0.2) is 23.4 Å². The Labute approximate surface area is 117 Å². The third kappa shape index (κ3) is 3.53. The minimum Gasteiger partial charge on any atom is -0.507 e. The topological polar surface area (TPSA) is 108 Å². The summed E-state index contributed by atoms with van der Waals surface area (Å²) in [5.41, 5.74) is 5.54. The average molecular weight is 281 g/mol. The van der Waals surface area contributed by atoms with Gasteiger partial charge in [0.1, 0.15) is 11.5 Å². The van der Waals surface area contributed by atoms with Crippen molar-refractivity contribution in [1.82, 2.24) is 4.90 Å². The SMILES string of the molecule is COc1ccc(O)c(C(=O)N(CC(N)=NO)C(C)C)c1. The second-order valence-corrected chi connectivity index (χ2v) is 4.50. The van der Waals surface area contributed by atoms with E-state index >= 15 is 0 Å². The Hall–Kier alpha value is -2.44. The number of carbonyl (C=O) groups excluding carboxylic acids is 1. The van der Waals surface area contributed by atoms with Gasteiger partial charge in [0, 0.05) is 6.04 Å². The summed E-state index contributed by atoms with van der Waals surface area (Å²) in [6, 6.07) is 4.19. The summed E-state index contributed by atoms with van der Waals surface area (Å²) in [7, 11) is 1.47. The molecule has 0 aromatic heterocycles. The van der Waals surface area contributed by atoms with E-state index in [-0.39, 0.29) is 29.7 Å². The van der Waals surface area contributed by atoms with Crippen LogP contribution in [0.25, 0.3) is 0 Å². The maximum absolute atomic E-state index is 12.4. The molecule has 0 bridgehead atoms. The molecule has 1 rings (SSSR count). The van der Waals surface area contributed by atoms with Gasteiger partial charge in [-0.05, 0) is 32.0 Å². The van der Waals surface area contributed by atoms with E-state index < -0.39 is 5.91 Å². The number of phenols is 1. The Morgan fingerprint density at radius 2 is 2.15 bits per heavy atom. The minimum absolute atomic E-state index is 0.0380. The molecule has 0 fully saturated rings. The maximum Gasteiger partial charge on any atom is 0.258 e. The first-order valence-electron chi connectivity index (χ1n) is 6.05. The van der Waals surface area contributed by atoms with Crippen LogP contribution in [0.1, 0.15) is 24.2 Å². The number of rotatable bonds is 5. The molecule has 7 nitrogen and oxygen atoms in total. The van der Waals surface area contributed by atoms with Crippen LogP contribution >= 0.6 is 0 Å². The van der Waals surface area contributed by atoms with E-state index in [1.807, 2.05) is 0 Å². The number of methoxy groups -OCH3 is 1. The molecular weight excluding hydrogens is 262 g/mol. The molecule has 20 heavy (non-hydrogen) atoms. The van der Waals surface area contributed by atoms with E-state index in [0.717, 1.165) is 0 Å². The van der Waals surface area contributed by atoms with Crippen molar-refractivity contribution >= 4 is 11.7 Å². The molecule has 0 spiro atoms. The van der Waals surface area contributed by atoms with Crippen molar-refractivity contribution in [3.8, 4) is 11.5 Å². The van der Waals surface area contributed by atoms with E-state index in [1.165, 1.54) is 24.1 Å². The summed E-state index contributed by atoms with van der Waals surface area (Å²) < 4.78 is 5.03. The molecule has 4 N–H and O–H groups in total. The van der Waals surface area contributed by atoms with Gasteiger partial charge in [-0.15, -0.1) is 0 Å². The summed E-state index contributed by atoms with van der Waals surface area (Å²) in [6.45, 7) is 3.54. The third-order valence-electron chi connectivity index (χ3n) is 2.78. The molecule has 1 aromatic carbocycles. The number of aromatic hydroxyl groups is 1. The van der Waals surface area contributed by atoms with Crippen LogP contribution in [0.3, 0.4) is 0 Å². The molecule has 0 unspecified atom stereocenters. The third-order valence-corrected chi connectivity index (χ3v) is 2.78. The van der Waals surface area contributed by atoms with Crippen molar-refractivity contribution in [2.75, 3.05) is 13.7 Å². The number of amides is 1. The zero-order chi connectivity index (χ0) is 15.3. The lowest BCUT2D eigenvalue weighted by Crippen LogP contribution is -2.42. The predicted octanol–water partition coefficient (Wildman–Crippen LogP) is 0.998. The Morgan fingerprint density at radius 3 is 2.65 bits per heavy atom. The first-order chi connectivity index (χ1) is 9.40. The first kappa shape index (κ1) is 15.6. The van der Waals surface area contributed by atoms with Crippen molar-refractivity contribution < 1.29 is 19.8 Å². The molecule has 0 aliphatic rings. The number of oxime groups is 1. The second kappa shape index (κ2) is 6.65. The van der Waals surface area contributed by atoms with Crippen LogP contribution in [-0.2, 0) is 0 Å². The molecule has 0 atom stereocenters. The van der Waals surface area contributed by atoms with Gasteiger partial charge in [0.15, 0.2) is 5.84 Å². The molecule has 0 saturated carbocycles. The number of hydrogen-bond donors (Lipinski definition) is 3. The lowest BCUT2D eigenvalue weighted by atomic mass is 10.1. The highest BCUT2D eigenvalue weighted by Gasteiger charge is 2.23. The number of ether oxygens (including phenoxy) is 1. The lowest BCUT2D eigenvalue weighted by Gasteiger charge is -2.26. The van der Waals surface area contributed by atoms with Crippen LogP contribution in [0.4, 0.5) is 0 Å². The molecule has 0 aliphatic heterocycles. The molecule has 110 valence electrons. The fourth-order valence-corrected chi connectivity index (χ4v) is 1.66. The van der Waals surface area contributed by atoms with Crippen molar-refractivity contribution in [3.63, 3.8) is 0 Å². The number of phenolic OH excluding ortho intramolecular Hbond substituents is 1. The quantitative estimate of drug-likeness (QED) is 0.323. The van der Waals surface area contributed by atoms with Crippen molar-refractivity contribution in [2.45, 2.75) is 19.9 Å². The zero-order valence-electron chi connectivity index (χ0n) is 11.7. The van der Waals surface area contributed by atoms with Crippen LogP contribution < -0.4 is 10.5 Å². The van der Waals surface area contributed by atoms with Gasteiger partial charge in [-0.25, -0.2) is 0 Å². The Kier molecular flexibility index (Phi) is 5.19. The standard InChI is InChI=1S/C13H19N3O4/c1-8(2)16(7-12(14)15-19)13(18)10-6-9(20-3)4-5-11(10)17/h4-6,8,17,19H,7H2,1-3H3,(H2,14,15). The Bertz CT molecular complexity index is 514. The minimum atomic E-state index is -0.428. The Morgan fingerprint density at radius 1 is 1.50 bits per heavy atom. The molecule has 7 heteroatoms. The van der Waals surface area contributed by atoms with Crippen molar-refractivity contribution in [1.29, 1.82) is 0 Å². The molecule has 0 aliphatic carbocycles. The van der Waals surface area contributed by atoms with E-state index in [4.69, 9.17) is 15.7 Å². The average Bonchev–Trinajstić information content (AvgIpc) is 2.43. The molecule has 1 aromatic rings. The summed E-state index contributed by atoms with van der Waals surface area (Å²) >= 11 is 0. The monoisotopic (exact) mass is 281 g/mol. The van der Waals surface area contributed by atoms with Gasteiger partial charge in [-0.2, -0.15) is 0 Å². The normalized spacial score (nSPS) is 11.5. The van der Waals surface area contributed by atoms with Crippen LogP contribution in [-0.4, -0.2) is 46.7 Å². The van der Waals surface area contributed by atoms with Gasteiger partial charge >= 0.3 is 0 Å². The smallest absolute Gasteiger partial charge is 0.258 e. The summed E-state index contributed by atoms with van der Waals surface area (Å²) in [4.78, 5) is 13.8. The van der Waals surface area contributed by atoms with Gasteiger partial charge in [0.25, 0.3) is 5.91 Å². The van der Waals surface area contributed by atoms with Crippen molar-refractivity contribution in [3.05, 3.63) is 23.8 Å². The van der Waals surface area contributed by atoms with Crippen molar-refractivity contribution in [2.24, 2.45) is 10.9 Å². The largest absolute Gasteiger partial charge is 0.507 e. The van der Waals surface area contributed by atoms with E-state index in [2.05, 4.69) is 5.16 Å². The number of carbonyl (C=O) groups is 1. The highest BCUT2D eigenvalue weighted by Crippen LogP contribution is 2.24. The Balaban J connectivity index is 3.12. The highest BCUT2D eigenvalue weighted by atomic mass is 16.5.